The van der Waals surface area contributed by atoms with Crippen LogP contribution in [0.2, 0.25) is 0 Å². The summed E-state index contributed by atoms with van der Waals surface area (Å²) in [5.41, 5.74) is 0. The number of nitrogens with zero attached hydrogens (tertiary/aromatic N) is 1. The minimum absolute atomic E-state index is 0.121. The van der Waals surface area contributed by atoms with Gasteiger partial charge in [-0.1, -0.05) is 6.92 Å². The van der Waals surface area contributed by atoms with Crippen LogP contribution < -0.4 is 0 Å². The Morgan fingerprint density at radius 3 is 2.12 bits per heavy atom. The van der Waals surface area contributed by atoms with Crippen molar-refractivity contribution in [2.45, 2.75) is 39.8 Å². The van der Waals surface area contributed by atoms with Gasteiger partial charge in [-0.25, -0.2) is 0 Å². The van der Waals surface area contributed by atoms with Crippen molar-refractivity contribution in [1.29, 1.82) is 0 Å². The molecule has 0 saturated heterocycles. The lowest BCUT2D eigenvalue weighted by molar-refractivity contribution is -0.147. The van der Waals surface area contributed by atoms with Crippen LogP contribution in [0.4, 0.5) is 0 Å². The molecule has 0 spiro atoms. The van der Waals surface area contributed by atoms with Crippen LogP contribution >= 0.6 is 0 Å². The van der Waals surface area contributed by atoms with Crippen LogP contribution in [0.1, 0.15) is 27.7 Å². The Balaban J connectivity index is 4.47. The molecule has 0 aliphatic carbocycles. The molecule has 0 saturated carbocycles. The summed E-state index contributed by atoms with van der Waals surface area (Å²) >= 11 is 0. The van der Waals surface area contributed by atoms with Crippen molar-refractivity contribution in [3.63, 3.8) is 0 Å². The average Bonchev–Trinajstić information content (AvgIpc) is 2.26. The molecule has 0 radical (unpaired) electrons. The van der Waals surface area contributed by atoms with Crippen LogP contribution in [0.3, 0.4) is 0 Å². The van der Waals surface area contributed by atoms with Gasteiger partial charge in [0, 0.05) is 25.7 Å². The number of hydrogen-bond acceptors (Lipinski definition) is 4. The van der Waals surface area contributed by atoms with E-state index in [4.69, 9.17) is 9.47 Å². The summed E-state index contributed by atoms with van der Waals surface area (Å²) in [5, 5.41) is 0. The Morgan fingerprint density at radius 1 is 1.19 bits per heavy atom. The molecule has 4 nitrogen and oxygen atoms in total. The van der Waals surface area contributed by atoms with Gasteiger partial charge in [-0.15, -0.1) is 0 Å². The third-order valence-corrected chi connectivity index (χ3v) is 3.04. The van der Waals surface area contributed by atoms with Gasteiger partial charge in [-0.05, 0) is 20.8 Å². The van der Waals surface area contributed by atoms with Gasteiger partial charge in [0.1, 0.15) is 0 Å². The summed E-state index contributed by atoms with van der Waals surface area (Å²) in [7, 11) is 3.12. The van der Waals surface area contributed by atoms with E-state index in [0.717, 1.165) is 6.54 Å². The molecular formula is C12H25NO3. The summed E-state index contributed by atoms with van der Waals surface area (Å²) in [5.74, 6) is -0.278. The van der Waals surface area contributed by atoms with Gasteiger partial charge in [0.2, 0.25) is 0 Å². The fraction of sp³-hybridized carbons (Fsp3) is 0.917. The van der Waals surface area contributed by atoms with Crippen molar-refractivity contribution in [1.82, 2.24) is 4.90 Å². The van der Waals surface area contributed by atoms with Gasteiger partial charge in [-0.2, -0.15) is 0 Å². The van der Waals surface area contributed by atoms with E-state index >= 15 is 0 Å². The van der Waals surface area contributed by atoms with E-state index in [1.807, 2.05) is 6.92 Å². The van der Waals surface area contributed by atoms with E-state index in [0.29, 0.717) is 12.6 Å². The fourth-order valence-corrected chi connectivity index (χ4v) is 1.80. The summed E-state index contributed by atoms with van der Waals surface area (Å²) in [4.78, 5) is 13.7. The smallest absolute Gasteiger partial charge is 0.309 e. The zero-order valence-corrected chi connectivity index (χ0v) is 11.3. The number of esters is 1. The summed E-state index contributed by atoms with van der Waals surface area (Å²) < 4.78 is 9.85. The van der Waals surface area contributed by atoms with Crippen molar-refractivity contribution in [3.8, 4) is 0 Å². The van der Waals surface area contributed by atoms with Crippen molar-refractivity contribution in [2.24, 2.45) is 5.92 Å². The summed E-state index contributed by atoms with van der Waals surface area (Å²) in [6, 6.07) is 0.542. The van der Waals surface area contributed by atoms with Gasteiger partial charge in [0.25, 0.3) is 0 Å². The first-order valence-electron chi connectivity index (χ1n) is 5.78. The highest BCUT2D eigenvalue weighted by Gasteiger charge is 2.27. The topological polar surface area (TPSA) is 38.8 Å². The molecule has 96 valence electrons. The van der Waals surface area contributed by atoms with Crippen LogP contribution in [-0.4, -0.2) is 50.3 Å². The molecule has 0 bridgehead atoms. The van der Waals surface area contributed by atoms with Gasteiger partial charge in [-0.3, -0.25) is 9.69 Å². The lowest BCUT2D eigenvalue weighted by Gasteiger charge is -2.35. The molecule has 2 atom stereocenters. The SMILES string of the molecule is COCCN(C(C)C)C(C)C(C)C(=O)OC. The monoisotopic (exact) mass is 231 g/mol. The number of ether oxygens (including phenoxy) is 2. The van der Waals surface area contributed by atoms with Gasteiger partial charge in [0.15, 0.2) is 0 Å². The van der Waals surface area contributed by atoms with Crippen LogP contribution in [0.15, 0.2) is 0 Å². The number of rotatable bonds is 7. The van der Waals surface area contributed by atoms with Crippen LogP contribution in [0.25, 0.3) is 0 Å². The predicted molar refractivity (Wildman–Crippen MR) is 64.4 cm³/mol. The molecule has 0 aromatic rings. The van der Waals surface area contributed by atoms with Crippen LogP contribution in [0, 0.1) is 5.92 Å². The second-order valence-corrected chi connectivity index (χ2v) is 4.38. The number of carbonyl (C=O) groups excluding carboxylic acids is 1. The van der Waals surface area contributed by atoms with E-state index in [1.165, 1.54) is 7.11 Å². The van der Waals surface area contributed by atoms with E-state index < -0.39 is 0 Å². The van der Waals surface area contributed by atoms with Gasteiger partial charge >= 0.3 is 5.97 Å². The van der Waals surface area contributed by atoms with Crippen molar-refractivity contribution in [3.05, 3.63) is 0 Å². The molecule has 2 unspecified atom stereocenters. The highest BCUT2D eigenvalue weighted by atomic mass is 16.5. The van der Waals surface area contributed by atoms with Gasteiger partial charge in [0.05, 0.1) is 19.6 Å². The van der Waals surface area contributed by atoms with Crippen LogP contribution in [-0.2, 0) is 14.3 Å². The van der Waals surface area contributed by atoms with Crippen LogP contribution in [0.5, 0.6) is 0 Å². The molecule has 0 amide bonds. The zero-order valence-electron chi connectivity index (χ0n) is 11.3. The first-order valence-corrected chi connectivity index (χ1v) is 5.78. The molecular weight excluding hydrogens is 206 g/mol. The molecule has 0 aromatic carbocycles. The number of hydrogen-bond donors (Lipinski definition) is 0. The summed E-state index contributed by atoms with van der Waals surface area (Å²) in [6.07, 6.45) is 0. The van der Waals surface area contributed by atoms with E-state index in [1.54, 1.807) is 7.11 Å². The summed E-state index contributed by atoms with van der Waals surface area (Å²) in [6.45, 7) is 9.70. The molecule has 16 heavy (non-hydrogen) atoms. The van der Waals surface area contributed by atoms with E-state index in [9.17, 15) is 4.79 Å². The normalized spacial score (nSPS) is 15.2. The molecule has 0 aliphatic heterocycles. The van der Waals surface area contributed by atoms with Crippen molar-refractivity contribution >= 4 is 5.97 Å². The lowest BCUT2D eigenvalue weighted by atomic mass is 10.0. The first kappa shape index (κ1) is 15.4. The standard InChI is InChI=1S/C12H25NO3/c1-9(2)13(7-8-15-5)11(4)10(3)12(14)16-6/h9-11H,7-8H2,1-6H3. The molecule has 0 aromatic heterocycles. The maximum Gasteiger partial charge on any atom is 0.309 e. The van der Waals surface area contributed by atoms with Crippen molar-refractivity contribution < 1.29 is 14.3 Å². The minimum atomic E-state index is -0.157. The number of carbonyl (C=O) groups is 1. The quantitative estimate of drug-likeness (QED) is 0.623. The second kappa shape index (κ2) is 7.63. The largest absolute Gasteiger partial charge is 0.469 e. The predicted octanol–water partition coefficient (Wildman–Crippen LogP) is 1.54. The lowest BCUT2D eigenvalue weighted by Crippen LogP contribution is -2.46. The molecule has 0 heterocycles. The first-order chi connectivity index (χ1) is 7.45. The maximum absolute atomic E-state index is 11.5. The van der Waals surface area contributed by atoms with Gasteiger partial charge < -0.3 is 9.47 Å². The van der Waals surface area contributed by atoms with E-state index in [-0.39, 0.29) is 17.9 Å². The molecule has 0 N–H and O–H groups in total. The molecule has 0 aliphatic rings. The Hall–Kier alpha value is -0.610. The average molecular weight is 231 g/mol. The highest BCUT2D eigenvalue weighted by molar-refractivity contribution is 5.72. The van der Waals surface area contributed by atoms with E-state index in [2.05, 4.69) is 25.7 Å². The Morgan fingerprint density at radius 2 is 1.75 bits per heavy atom. The Bertz CT molecular complexity index is 206. The molecule has 0 fully saturated rings. The van der Waals surface area contributed by atoms with Crippen molar-refractivity contribution in [2.75, 3.05) is 27.4 Å². The molecule has 4 heteroatoms. The zero-order chi connectivity index (χ0) is 12.7. The third kappa shape index (κ3) is 4.49. The highest BCUT2D eigenvalue weighted by Crippen LogP contribution is 2.15. The Kier molecular flexibility index (Phi) is 7.34. The molecule has 0 rings (SSSR count). The Labute approximate surface area is 98.9 Å². The minimum Gasteiger partial charge on any atom is -0.469 e. The fourth-order valence-electron chi connectivity index (χ4n) is 1.80. The third-order valence-electron chi connectivity index (χ3n) is 3.04. The maximum atomic E-state index is 11.5. The second-order valence-electron chi connectivity index (χ2n) is 4.38. The number of methoxy groups -OCH3 is 2.